The number of hydrogen-bond acceptors (Lipinski definition) is 6. The molecule has 0 saturated heterocycles. The Morgan fingerprint density at radius 1 is 1.19 bits per heavy atom. The Balaban J connectivity index is 2.06. The highest BCUT2D eigenvalue weighted by Gasteiger charge is 2.17. The van der Waals surface area contributed by atoms with Crippen LogP contribution in [0.25, 0.3) is 11.6 Å². The summed E-state index contributed by atoms with van der Waals surface area (Å²) in [7, 11) is 3.08. The van der Waals surface area contributed by atoms with Crippen LogP contribution in [-0.4, -0.2) is 24.2 Å². The van der Waals surface area contributed by atoms with E-state index in [0.717, 1.165) is 12.8 Å². The second-order valence-electron chi connectivity index (χ2n) is 4.83. The molecule has 114 valence electrons. The lowest BCUT2D eigenvalue weighted by Crippen LogP contribution is -2.03. The zero-order chi connectivity index (χ0) is 15.2. The van der Waals surface area contributed by atoms with Crippen LogP contribution in [0.2, 0.25) is 0 Å². The highest BCUT2D eigenvalue weighted by Crippen LogP contribution is 2.23. The van der Waals surface area contributed by atoms with Crippen LogP contribution in [0.4, 0.5) is 0 Å². The summed E-state index contributed by atoms with van der Waals surface area (Å²) in [6, 6.07) is 0. The molecule has 2 heterocycles. The first kappa shape index (κ1) is 15.5. The van der Waals surface area contributed by atoms with Crippen LogP contribution < -0.4 is 0 Å². The molecule has 0 aliphatic heterocycles. The molecule has 2 aromatic rings. The van der Waals surface area contributed by atoms with Gasteiger partial charge in [-0.15, -0.1) is 0 Å². The first-order valence-electron chi connectivity index (χ1n) is 6.73. The monoisotopic (exact) mass is 292 g/mol. The number of aryl methyl sites for hydroxylation is 1. The number of ether oxygens (including phenoxy) is 2. The minimum absolute atomic E-state index is 0.390. The Hall–Kier alpha value is -1.92. The second-order valence-corrected chi connectivity index (χ2v) is 4.83. The predicted molar refractivity (Wildman–Crippen MR) is 76.5 cm³/mol. The lowest BCUT2D eigenvalue weighted by molar-refractivity contribution is -0.108. The maximum absolute atomic E-state index is 5.42. The number of methoxy groups -OCH3 is 2. The molecule has 0 amide bonds. The lowest BCUT2D eigenvalue weighted by Gasteiger charge is -2.08. The molecule has 2 rings (SSSR count). The van der Waals surface area contributed by atoms with E-state index in [0.29, 0.717) is 23.2 Å². The van der Waals surface area contributed by atoms with E-state index in [9.17, 15) is 0 Å². The minimum atomic E-state index is -0.550. The lowest BCUT2D eigenvalue weighted by atomic mass is 10.2. The molecular weight excluding hydrogens is 272 g/mol. The summed E-state index contributed by atoms with van der Waals surface area (Å²) in [6.45, 7) is 4.13. The van der Waals surface area contributed by atoms with E-state index >= 15 is 0 Å². The molecule has 0 atom stereocenters. The molecule has 0 aromatic carbocycles. The van der Waals surface area contributed by atoms with Crippen LogP contribution in [0.15, 0.2) is 33.0 Å². The molecule has 0 aliphatic carbocycles. The molecule has 0 unspecified atom stereocenters. The van der Waals surface area contributed by atoms with Gasteiger partial charge >= 0.3 is 0 Å². The van der Waals surface area contributed by atoms with Crippen molar-refractivity contribution < 1.29 is 18.3 Å². The van der Waals surface area contributed by atoms with Gasteiger partial charge in [-0.2, -0.15) is 0 Å². The zero-order valence-corrected chi connectivity index (χ0v) is 12.8. The molecule has 2 aromatic heterocycles. The molecule has 0 saturated carbocycles. The summed E-state index contributed by atoms with van der Waals surface area (Å²) in [5.41, 5.74) is 2.41. The number of oxazole rings is 2. The first-order valence-corrected chi connectivity index (χ1v) is 6.73. The van der Waals surface area contributed by atoms with E-state index in [1.165, 1.54) is 11.8 Å². The molecule has 0 aliphatic rings. The molecule has 0 bridgehead atoms. The van der Waals surface area contributed by atoms with Crippen molar-refractivity contribution in [2.24, 2.45) is 0 Å². The van der Waals surface area contributed by atoms with Crippen molar-refractivity contribution in [2.75, 3.05) is 14.2 Å². The highest BCUT2D eigenvalue weighted by molar-refractivity contribution is 5.44. The Bertz CT molecular complexity index is 592. The van der Waals surface area contributed by atoms with Crippen molar-refractivity contribution >= 4 is 0 Å². The molecule has 0 spiro atoms. The summed E-state index contributed by atoms with van der Waals surface area (Å²) in [5, 5.41) is 0. The summed E-state index contributed by atoms with van der Waals surface area (Å²) < 4.78 is 21.0. The number of allylic oxidation sites excluding steroid dienone is 2. The quantitative estimate of drug-likeness (QED) is 0.574. The third-order valence-corrected chi connectivity index (χ3v) is 2.87. The van der Waals surface area contributed by atoms with Crippen molar-refractivity contribution in [3.8, 4) is 11.6 Å². The van der Waals surface area contributed by atoms with E-state index in [4.69, 9.17) is 18.3 Å². The fraction of sp³-hybridized carbons (Fsp3) is 0.467. The van der Waals surface area contributed by atoms with Gasteiger partial charge in [-0.3, -0.25) is 0 Å². The SMILES string of the molecule is COC(OC)c1coc(-c2coc(CCC=C(C)C)n2)n1. The van der Waals surface area contributed by atoms with E-state index < -0.39 is 6.29 Å². The number of hydrogen-bond donors (Lipinski definition) is 0. The fourth-order valence-corrected chi connectivity index (χ4v) is 1.86. The topological polar surface area (TPSA) is 70.5 Å². The Morgan fingerprint density at radius 3 is 2.62 bits per heavy atom. The van der Waals surface area contributed by atoms with Crippen LogP contribution in [0.3, 0.4) is 0 Å². The van der Waals surface area contributed by atoms with Gasteiger partial charge in [0.25, 0.3) is 0 Å². The molecule has 21 heavy (non-hydrogen) atoms. The maximum Gasteiger partial charge on any atom is 0.248 e. The van der Waals surface area contributed by atoms with Gasteiger partial charge in [-0.25, -0.2) is 9.97 Å². The van der Waals surface area contributed by atoms with Gasteiger partial charge in [-0.05, 0) is 20.3 Å². The van der Waals surface area contributed by atoms with Gasteiger partial charge in [0.15, 0.2) is 11.6 Å². The Labute approximate surface area is 123 Å². The van der Waals surface area contributed by atoms with E-state index in [1.807, 2.05) is 0 Å². The summed E-state index contributed by atoms with van der Waals surface area (Å²) >= 11 is 0. The summed E-state index contributed by atoms with van der Waals surface area (Å²) in [6.07, 6.45) is 6.28. The number of aromatic nitrogens is 2. The van der Waals surface area contributed by atoms with Gasteiger partial charge < -0.3 is 18.3 Å². The van der Waals surface area contributed by atoms with Gasteiger partial charge in [0.05, 0.1) is 0 Å². The van der Waals surface area contributed by atoms with Gasteiger partial charge in [0.1, 0.15) is 18.2 Å². The number of rotatable bonds is 7. The summed E-state index contributed by atoms with van der Waals surface area (Å²) in [4.78, 5) is 8.66. The fourth-order valence-electron chi connectivity index (χ4n) is 1.86. The minimum Gasteiger partial charge on any atom is -0.448 e. The van der Waals surface area contributed by atoms with Crippen LogP contribution in [0.5, 0.6) is 0 Å². The standard InChI is InChI=1S/C15H20N2O4/c1-10(2)6-5-7-13-16-11(8-20-13)14-17-12(9-21-14)15(18-3)19-4/h6,8-9,15H,5,7H2,1-4H3. The second kappa shape index (κ2) is 7.19. The third-order valence-electron chi connectivity index (χ3n) is 2.87. The van der Waals surface area contributed by atoms with Crippen molar-refractivity contribution in [1.29, 1.82) is 0 Å². The zero-order valence-electron chi connectivity index (χ0n) is 12.8. The molecule has 0 N–H and O–H groups in total. The van der Waals surface area contributed by atoms with Crippen molar-refractivity contribution in [2.45, 2.75) is 33.0 Å². The van der Waals surface area contributed by atoms with Crippen LogP contribution >= 0.6 is 0 Å². The Kier molecular flexibility index (Phi) is 5.30. The van der Waals surface area contributed by atoms with Crippen molar-refractivity contribution in [3.05, 3.63) is 35.8 Å². The van der Waals surface area contributed by atoms with E-state index in [1.54, 1.807) is 20.5 Å². The predicted octanol–water partition coefficient (Wildman–Crippen LogP) is 3.52. The molecule has 0 fully saturated rings. The van der Waals surface area contributed by atoms with Crippen LogP contribution in [0, 0.1) is 0 Å². The van der Waals surface area contributed by atoms with E-state index in [-0.39, 0.29) is 0 Å². The van der Waals surface area contributed by atoms with E-state index in [2.05, 4.69) is 29.9 Å². The molecule has 6 nitrogen and oxygen atoms in total. The van der Waals surface area contributed by atoms with Gasteiger partial charge in [0.2, 0.25) is 12.2 Å². The molecular formula is C15H20N2O4. The van der Waals surface area contributed by atoms with Crippen molar-refractivity contribution in [1.82, 2.24) is 9.97 Å². The molecule has 6 heteroatoms. The van der Waals surface area contributed by atoms with Crippen LogP contribution in [0.1, 0.15) is 38.1 Å². The average molecular weight is 292 g/mol. The first-order chi connectivity index (χ1) is 10.1. The maximum atomic E-state index is 5.42. The highest BCUT2D eigenvalue weighted by atomic mass is 16.7. The molecule has 0 radical (unpaired) electrons. The number of nitrogens with zero attached hydrogens (tertiary/aromatic N) is 2. The smallest absolute Gasteiger partial charge is 0.248 e. The summed E-state index contributed by atoms with van der Waals surface area (Å²) in [5.74, 6) is 1.05. The normalized spacial score (nSPS) is 11.1. The van der Waals surface area contributed by atoms with Gasteiger partial charge in [-0.1, -0.05) is 11.6 Å². The average Bonchev–Trinajstić information content (AvgIpc) is 3.09. The van der Waals surface area contributed by atoms with Crippen LogP contribution in [-0.2, 0) is 15.9 Å². The van der Waals surface area contributed by atoms with Gasteiger partial charge in [0, 0.05) is 20.6 Å². The Morgan fingerprint density at radius 2 is 1.95 bits per heavy atom. The third kappa shape index (κ3) is 4.03. The van der Waals surface area contributed by atoms with Crippen molar-refractivity contribution in [3.63, 3.8) is 0 Å². The largest absolute Gasteiger partial charge is 0.448 e.